The molecule has 0 fully saturated rings. The van der Waals surface area contributed by atoms with Crippen molar-refractivity contribution in [1.82, 2.24) is 0 Å². The van der Waals surface area contributed by atoms with E-state index < -0.39 is 20.8 Å². The van der Waals surface area contributed by atoms with E-state index in [1.54, 1.807) is 12.2 Å². The van der Waals surface area contributed by atoms with Gasteiger partial charge >= 0.3 is 0 Å². The summed E-state index contributed by atoms with van der Waals surface area (Å²) in [6.07, 6.45) is 6.61. The molecule has 0 aromatic heterocycles. The molecule has 1 unspecified atom stereocenters. The number of allylic oxidation sites excluding steroid dienone is 3. The van der Waals surface area contributed by atoms with E-state index in [0.29, 0.717) is 12.1 Å². The number of hydrogen-bond acceptors (Lipinski definition) is 4. The first-order valence-corrected chi connectivity index (χ1v) is 10.7. The maximum atomic E-state index is 12.7. The van der Waals surface area contributed by atoms with Crippen molar-refractivity contribution in [2.45, 2.75) is 11.3 Å². The molecule has 0 saturated carbocycles. The van der Waals surface area contributed by atoms with Crippen LogP contribution in [0.5, 0.6) is 5.75 Å². The molecule has 0 heterocycles. The largest absolute Gasteiger partial charge is 0.506 e. The summed E-state index contributed by atoms with van der Waals surface area (Å²) in [4.78, 5) is 11.4. The molecule has 6 nitrogen and oxygen atoms in total. The van der Waals surface area contributed by atoms with Gasteiger partial charge in [-0.05, 0) is 35.8 Å². The second-order valence-corrected chi connectivity index (χ2v) is 8.91. The zero-order valence-electron chi connectivity index (χ0n) is 15.0. The van der Waals surface area contributed by atoms with Gasteiger partial charge in [0.2, 0.25) is 15.9 Å². The maximum Gasteiger partial charge on any atom is 0.249 e. The third-order valence-corrected chi connectivity index (χ3v) is 5.22. The van der Waals surface area contributed by atoms with E-state index in [2.05, 4.69) is 10.0 Å². The molecule has 2 aromatic rings. The van der Waals surface area contributed by atoms with Crippen molar-refractivity contribution in [3.05, 3.63) is 72.3 Å². The topological polar surface area (TPSA) is 95.5 Å². The molecule has 1 atom stereocenters. The quantitative estimate of drug-likeness (QED) is 0.391. The molecule has 2 aromatic carbocycles. The van der Waals surface area contributed by atoms with Crippen molar-refractivity contribution in [3.8, 4) is 5.75 Å². The second-order valence-electron chi connectivity index (χ2n) is 6.49. The molecule has 1 aliphatic rings. The van der Waals surface area contributed by atoms with E-state index in [1.807, 2.05) is 36.4 Å². The van der Waals surface area contributed by atoms with E-state index in [9.17, 15) is 18.3 Å². The van der Waals surface area contributed by atoms with Crippen molar-refractivity contribution in [3.63, 3.8) is 0 Å². The van der Waals surface area contributed by atoms with Gasteiger partial charge in [0.25, 0.3) is 0 Å². The molecule has 1 amide bonds. The fourth-order valence-electron chi connectivity index (χ4n) is 2.76. The minimum Gasteiger partial charge on any atom is -0.506 e. The monoisotopic (exact) mass is 418 g/mol. The SMILES string of the molecule is CS(=O)(=O)Nc1cc(NC(=O)C2(Cl)C=CC(c3ccccc3)=CC2)ccc1O. The van der Waals surface area contributed by atoms with E-state index >= 15 is 0 Å². The number of aromatic hydroxyl groups is 1. The summed E-state index contributed by atoms with van der Waals surface area (Å²) in [5.41, 5.74) is 2.29. The van der Waals surface area contributed by atoms with E-state index in [4.69, 9.17) is 11.6 Å². The van der Waals surface area contributed by atoms with Crippen molar-refractivity contribution < 1.29 is 18.3 Å². The summed E-state index contributed by atoms with van der Waals surface area (Å²) >= 11 is 6.50. The average Bonchev–Trinajstić information content (AvgIpc) is 2.64. The molecule has 0 saturated heterocycles. The molecule has 0 aliphatic heterocycles. The van der Waals surface area contributed by atoms with Crippen LogP contribution in [0.4, 0.5) is 11.4 Å². The predicted octanol–water partition coefficient (Wildman–Crippen LogP) is 3.72. The lowest BCUT2D eigenvalue weighted by molar-refractivity contribution is -0.117. The van der Waals surface area contributed by atoms with Gasteiger partial charge in [-0.1, -0.05) is 48.6 Å². The molecule has 0 bridgehead atoms. The smallest absolute Gasteiger partial charge is 0.249 e. The van der Waals surface area contributed by atoms with Crippen molar-refractivity contribution >= 4 is 44.5 Å². The Labute approximate surface area is 168 Å². The first-order valence-electron chi connectivity index (χ1n) is 8.42. The number of sulfonamides is 1. The number of benzene rings is 2. The Morgan fingerprint density at radius 2 is 1.89 bits per heavy atom. The van der Waals surface area contributed by atoms with Gasteiger partial charge in [0.05, 0.1) is 11.9 Å². The number of alkyl halides is 1. The molecule has 8 heteroatoms. The van der Waals surface area contributed by atoms with E-state index in [1.165, 1.54) is 18.2 Å². The number of carbonyl (C=O) groups excluding carboxylic acids is 1. The summed E-state index contributed by atoms with van der Waals surface area (Å²) in [6.45, 7) is 0. The number of phenolic OH excluding ortho intramolecular Hbond substituents is 1. The first kappa shape index (κ1) is 20.0. The van der Waals surface area contributed by atoms with Gasteiger partial charge in [0, 0.05) is 5.69 Å². The van der Waals surface area contributed by atoms with Crippen LogP contribution in [-0.4, -0.2) is 30.6 Å². The summed E-state index contributed by atoms with van der Waals surface area (Å²) in [7, 11) is -3.58. The lowest BCUT2D eigenvalue weighted by atomic mass is 9.91. The Morgan fingerprint density at radius 1 is 1.18 bits per heavy atom. The van der Waals surface area contributed by atoms with E-state index in [-0.39, 0.29) is 11.4 Å². The zero-order chi connectivity index (χ0) is 20.4. The van der Waals surface area contributed by atoms with Crippen LogP contribution < -0.4 is 10.0 Å². The first-order chi connectivity index (χ1) is 13.2. The number of nitrogens with one attached hydrogen (secondary N) is 2. The van der Waals surface area contributed by atoms with Gasteiger partial charge in [-0.25, -0.2) is 8.42 Å². The third-order valence-electron chi connectivity index (χ3n) is 4.18. The van der Waals surface area contributed by atoms with Crippen LogP contribution in [-0.2, 0) is 14.8 Å². The number of carbonyl (C=O) groups is 1. The van der Waals surface area contributed by atoms with Gasteiger partial charge in [0.1, 0.15) is 10.6 Å². The zero-order valence-corrected chi connectivity index (χ0v) is 16.6. The Hall–Kier alpha value is -2.77. The van der Waals surface area contributed by atoms with Crippen LogP contribution in [0.3, 0.4) is 0 Å². The number of phenols is 1. The van der Waals surface area contributed by atoms with Crippen LogP contribution in [0.15, 0.2) is 66.8 Å². The summed E-state index contributed by atoms with van der Waals surface area (Å²) in [5, 5.41) is 12.4. The Morgan fingerprint density at radius 3 is 2.50 bits per heavy atom. The highest BCUT2D eigenvalue weighted by molar-refractivity contribution is 7.92. The number of anilines is 2. The van der Waals surface area contributed by atoms with Gasteiger partial charge in [0.15, 0.2) is 0 Å². The van der Waals surface area contributed by atoms with E-state index in [0.717, 1.165) is 17.4 Å². The van der Waals surface area contributed by atoms with Gasteiger partial charge in [-0.3, -0.25) is 9.52 Å². The molecule has 1 aliphatic carbocycles. The molecule has 0 radical (unpaired) electrons. The molecule has 3 rings (SSSR count). The fraction of sp³-hybridized carbons (Fsp3) is 0.150. The molecule has 28 heavy (non-hydrogen) atoms. The summed E-state index contributed by atoms with van der Waals surface area (Å²) in [6, 6.07) is 13.8. The average molecular weight is 419 g/mol. The lowest BCUT2D eigenvalue weighted by Gasteiger charge is -2.25. The van der Waals surface area contributed by atoms with Crippen LogP contribution >= 0.6 is 11.6 Å². The van der Waals surface area contributed by atoms with Crippen LogP contribution in [0.2, 0.25) is 0 Å². The summed E-state index contributed by atoms with van der Waals surface area (Å²) < 4.78 is 25.0. The number of rotatable bonds is 5. The highest BCUT2D eigenvalue weighted by Gasteiger charge is 2.34. The Balaban J connectivity index is 1.74. The maximum absolute atomic E-state index is 12.7. The predicted molar refractivity (Wildman–Crippen MR) is 112 cm³/mol. The molecular weight excluding hydrogens is 400 g/mol. The van der Waals surface area contributed by atoms with Crippen LogP contribution in [0, 0.1) is 0 Å². The highest BCUT2D eigenvalue weighted by Crippen LogP contribution is 2.34. The van der Waals surface area contributed by atoms with Gasteiger partial charge in [-0.15, -0.1) is 11.6 Å². The van der Waals surface area contributed by atoms with Crippen molar-refractivity contribution in [1.29, 1.82) is 0 Å². The number of amides is 1. The lowest BCUT2D eigenvalue weighted by Crippen LogP contribution is -2.36. The molecular formula is C20H19ClN2O4S. The number of halogens is 1. The molecule has 3 N–H and O–H groups in total. The number of hydrogen-bond donors (Lipinski definition) is 3. The molecule has 146 valence electrons. The second kappa shape index (κ2) is 7.69. The highest BCUT2D eigenvalue weighted by atomic mass is 35.5. The Bertz CT molecular complexity index is 1060. The standard InChI is InChI=1S/C20H19ClN2O4S/c1-28(26,27)23-17-13-16(7-8-18(17)24)22-19(25)20(21)11-9-15(10-12-20)14-5-3-2-4-6-14/h2-11,13,23-24H,12H2,1H3,(H,22,25). The summed E-state index contributed by atoms with van der Waals surface area (Å²) in [5.74, 6) is -0.707. The van der Waals surface area contributed by atoms with Crippen LogP contribution in [0.25, 0.3) is 5.57 Å². The van der Waals surface area contributed by atoms with Crippen molar-refractivity contribution in [2.24, 2.45) is 0 Å². The van der Waals surface area contributed by atoms with Crippen LogP contribution in [0.1, 0.15) is 12.0 Å². The normalized spacial score (nSPS) is 19.0. The fourth-order valence-corrected chi connectivity index (χ4v) is 3.51. The van der Waals surface area contributed by atoms with Crippen molar-refractivity contribution in [2.75, 3.05) is 16.3 Å². The Kier molecular flexibility index (Phi) is 5.49. The minimum absolute atomic E-state index is 0.0330. The van der Waals surface area contributed by atoms with Gasteiger partial charge in [-0.2, -0.15) is 0 Å². The third kappa shape index (κ3) is 4.74. The minimum atomic E-state index is -3.58. The molecule has 0 spiro atoms. The van der Waals surface area contributed by atoms with Gasteiger partial charge < -0.3 is 10.4 Å².